The molecule has 0 saturated heterocycles. The maximum absolute atomic E-state index is 13.3. The van der Waals surface area contributed by atoms with E-state index < -0.39 is 23.0 Å². The van der Waals surface area contributed by atoms with Crippen molar-refractivity contribution in [3.8, 4) is 0 Å². The topological polar surface area (TPSA) is 110 Å². The summed E-state index contributed by atoms with van der Waals surface area (Å²) in [6, 6.07) is 5.32. The maximum Gasteiger partial charge on any atom is 0.324 e. The van der Waals surface area contributed by atoms with Crippen molar-refractivity contribution in [2.45, 2.75) is 84.7 Å². The number of hydrogen-bond acceptors (Lipinski definition) is 5. The molecule has 4 fully saturated rings. The quantitative estimate of drug-likeness (QED) is 0.396. The summed E-state index contributed by atoms with van der Waals surface area (Å²) in [5.41, 5.74) is -0.919. The highest BCUT2D eigenvalue weighted by Gasteiger charge is 2.51. The zero-order valence-corrected chi connectivity index (χ0v) is 22.4. The van der Waals surface area contributed by atoms with Crippen LogP contribution in [0.5, 0.6) is 0 Å². The lowest BCUT2D eigenvalue weighted by atomic mass is 9.49. The molecule has 200 valence electrons. The second-order valence-corrected chi connectivity index (χ2v) is 12.9. The molecule has 1 unspecified atom stereocenters. The third-order valence-corrected chi connectivity index (χ3v) is 8.85. The predicted molar refractivity (Wildman–Crippen MR) is 138 cm³/mol. The standard InChI is InChI=1S/C29H39N3O5/c1-5-29(25(34)35,26(36)37-27(2,3)4)15-21-16-32-22(7-6-8-23(32)31-21)24(33)30-17-28-12-18-9-19(13-28)11-20(10-18)14-28/h6-8,16,18-20H,5,9-15,17H2,1-4H3,(H,30,33)(H,34,35). The molecule has 0 radical (unpaired) electrons. The van der Waals surface area contributed by atoms with Gasteiger partial charge in [-0.2, -0.15) is 0 Å². The molecule has 4 aliphatic rings. The zero-order chi connectivity index (χ0) is 26.6. The predicted octanol–water partition coefficient (Wildman–Crippen LogP) is 4.65. The number of aliphatic carboxylic acids is 1. The normalized spacial score (nSPS) is 28.2. The summed E-state index contributed by atoms with van der Waals surface area (Å²) >= 11 is 0. The van der Waals surface area contributed by atoms with Gasteiger partial charge < -0.3 is 15.2 Å². The van der Waals surface area contributed by atoms with Gasteiger partial charge in [-0.15, -0.1) is 0 Å². The monoisotopic (exact) mass is 509 g/mol. The van der Waals surface area contributed by atoms with Crippen LogP contribution in [-0.4, -0.2) is 44.5 Å². The van der Waals surface area contributed by atoms with Crippen LogP contribution in [0, 0.1) is 28.6 Å². The lowest BCUT2D eigenvalue weighted by Gasteiger charge is -2.56. The van der Waals surface area contributed by atoms with Crippen LogP contribution in [0.25, 0.3) is 5.65 Å². The molecule has 8 nitrogen and oxygen atoms in total. The number of amides is 1. The fourth-order valence-electron chi connectivity index (χ4n) is 7.54. The molecule has 0 aliphatic heterocycles. The van der Waals surface area contributed by atoms with Crippen LogP contribution in [0.3, 0.4) is 0 Å². The molecule has 2 N–H and O–H groups in total. The number of carboxylic acid groups (broad SMARTS) is 1. The summed E-state index contributed by atoms with van der Waals surface area (Å²) in [6.07, 6.45) is 9.36. The lowest BCUT2D eigenvalue weighted by Crippen LogP contribution is -2.51. The minimum Gasteiger partial charge on any atom is -0.480 e. The molecule has 2 heterocycles. The first kappa shape index (κ1) is 25.7. The van der Waals surface area contributed by atoms with Gasteiger partial charge in [0.15, 0.2) is 5.41 Å². The molecule has 4 bridgehead atoms. The molecular formula is C29H39N3O5. The summed E-state index contributed by atoms with van der Waals surface area (Å²) in [6.45, 7) is 7.51. The summed E-state index contributed by atoms with van der Waals surface area (Å²) < 4.78 is 7.17. The van der Waals surface area contributed by atoms with Crippen molar-refractivity contribution in [1.29, 1.82) is 0 Å². The van der Waals surface area contributed by atoms with E-state index in [1.165, 1.54) is 38.5 Å². The van der Waals surface area contributed by atoms with Crippen LogP contribution in [0.4, 0.5) is 0 Å². The van der Waals surface area contributed by atoms with Gasteiger partial charge in [-0.3, -0.25) is 18.8 Å². The Bertz CT molecular complexity index is 1190. The Labute approximate surface area is 218 Å². The number of ether oxygens (including phenoxy) is 1. The van der Waals surface area contributed by atoms with Crippen LogP contribution in [0.2, 0.25) is 0 Å². The van der Waals surface area contributed by atoms with Gasteiger partial charge in [0.1, 0.15) is 16.9 Å². The fourth-order valence-corrected chi connectivity index (χ4v) is 7.54. The molecule has 1 atom stereocenters. The number of nitrogens with one attached hydrogen (secondary N) is 1. The van der Waals surface area contributed by atoms with E-state index in [-0.39, 0.29) is 24.2 Å². The average Bonchev–Trinajstić information content (AvgIpc) is 3.21. The number of pyridine rings is 1. The van der Waals surface area contributed by atoms with Crippen LogP contribution < -0.4 is 5.32 Å². The van der Waals surface area contributed by atoms with Gasteiger partial charge in [0.05, 0.1) is 5.69 Å². The van der Waals surface area contributed by atoms with E-state index in [1.54, 1.807) is 56.5 Å². The van der Waals surface area contributed by atoms with E-state index in [4.69, 9.17) is 4.74 Å². The summed E-state index contributed by atoms with van der Waals surface area (Å²) in [5.74, 6) is 0.287. The molecular weight excluding hydrogens is 470 g/mol. The van der Waals surface area contributed by atoms with Crippen molar-refractivity contribution < 1.29 is 24.2 Å². The van der Waals surface area contributed by atoms with E-state index >= 15 is 0 Å². The number of carboxylic acids is 1. The number of hydrogen-bond donors (Lipinski definition) is 2. The summed E-state index contributed by atoms with van der Waals surface area (Å²) in [4.78, 5) is 43.2. The molecule has 2 aromatic heterocycles. The van der Waals surface area contributed by atoms with E-state index in [1.807, 2.05) is 0 Å². The molecule has 1 amide bonds. The van der Waals surface area contributed by atoms with Crippen molar-refractivity contribution in [2.75, 3.05) is 6.54 Å². The molecule has 6 rings (SSSR count). The first-order valence-corrected chi connectivity index (χ1v) is 13.6. The molecule has 2 aromatic rings. The highest BCUT2D eigenvalue weighted by atomic mass is 16.6. The third kappa shape index (κ3) is 4.87. The maximum atomic E-state index is 13.3. The highest BCUT2D eigenvalue weighted by Crippen LogP contribution is 2.59. The lowest BCUT2D eigenvalue weighted by molar-refractivity contribution is -0.177. The Morgan fingerprint density at radius 3 is 2.27 bits per heavy atom. The van der Waals surface area contributed by atoms with Gasteiger partial charge in [0.25, 0.3) is 5.91 Å². The van der Waals surface area contributed by atoms with Crippen LogP contribution in [0.15, 0.2) is 24.4 Å². The van der Waals surface area contributed by atoms with Gasteiger partial charge in [0.2, 0.25) is 0 Å². The number of fused-ring (bicyclic) bond motifs is 1. The number of aromatic nitrogens is 2. The Hall–Kier alpha value is -2.90. The van der Waals surface area contributed by atoms with Crippen molar-refractivity contribution in [3.05, 3.63) is 35.8 Å². The minimum absolute atomic E-state index is 0.0591. The van der Waals surface area contributed by atoms with E-state index in [2.05, 4.69) is 10.3 Å². The van der Waals surface area contributed by atoms with E-state index in [9.17, 15) is 19.5 Å². The summed E-state index contributed by atoms with van der Waals surface area (Å²) in [5, 5.41) is 13.3. The Kier molecular flexibility index (Phi) is 6.35. The van der Waals surface area contributed by atoms with E-state index in [0.29, 0.717) is 23.6 Å². The van der Waals surface area contributed by atoms with Crippen LogP contribution in [0.1, 0.15) is 88.8 Å². The molecule has 4 aliphatic carbocycles. The number of nitrogens with zero attached hydrogens (tertiary/aromatic N) is 2. The van der Waals surface area contributed by atoms with Crippen molar-refractivity contribution in [3.63, 3.8) is 0 Å². The Balaban J connectivity index is 1.35. The van der Waals surface area contributed by atoms with Gasteiger partial charge in [-0.1, -0.05) is 13.0 Å². The van der Waals surface area contributed by atoms with Gasteiger partial charge in [-0.25, -0.2) is 4.98 Å². The van der Waals surface area contributed by atoms with E-state index in [0.717, 1.165) is 17.8 Å². The molecule has 0 spiro atoms. The zero-order valence-electron chi connectivity index (χ0n) is 22.4. The smallest absolute Gasteiger partial charge is 0.324 e. The van der Waals surface area contributed by atoms with Gasteiger partial charge in [0, 0.05) is 19.2 Å². The Morgan fingerprint density at radius 2 is 1.73 bits per heavy atom. The highest BCUT2D eigenvalue weighted by molar-refractivity contribution is 5.99. The third-order valence-electron chi connectivity index (χ3n) is 8.85. The molecule has 37 heavy (non-hydrogen) atoms. The molecule has 0 aromatic carbocycles. The number of carbonyl (C=O) groups is 3. The van der Waals surface area contributed by atoms with Crippen molar-refractivity contribution in [2.24, 2.45) is 28.6 Å². The first-order valence-electron chi connectivity index (χ1n) is 13.6. The van der Waals surface area contributed by atoms with Gasteiger partial charge in [-0.05, 0) is 101 Å². The minimum atomic E-state index is -1.76. The van der Waals surface area contributed by atoms with Crippen LogP contribution in [-0.2, 0) is 20.7 Å². The fraction of sp³-hybridized carbons (Fsp3) is 0.655. The number of esters is 1. The largest absolute Gasteiger partial charge is 0.480 e. The Morgan fingerprint density at radius 1 is 1.11 bits per heavy atom. The van der Waals surface area contributed by atoms with Crippen LogP contribution >= 0.6 is 0 Å². The summed E-state index contributed by atoms with van der Waals surface area (Å²) in [7, 11) is 0. The second-order valence-electron chi connectivity index (χ2n) is 12.9. The number of imidazole rings is 1. The number of carbonyl (C=O) groups excluding carboxylic acids is 2. The van der Waals surface area contributed by atoms with Crippen molar-refractivity contribution in [1.82, 2.24) is 14.7 Å². The van der Waals surface area contributed by atoms with Gasteiger partial charge >= 0.3 is 11.9 Å². The second kappa shape index (κ2) is 9.14. The SMILES string of the molecule is CCC(Cc1cn2c(C(=O)NCC34CC5CC(CC(C5)C3)C4)cccc2n1)(C(=O)O)C(=O)OC(C)(C)C. The number of rotatable bonds is 8. The van der Waals surface area contributed by atoms with Crippen molar-refractivity contribution >= 4 is 23.5 Å². The average molecular weight is 510 g/mol. The molecule has 8 heteroatoms. The molecule has 4 saturated carbocycles. The first-order chi connectivity index (χ1) is 17.4.